The number of benzene rings is 3. The van der Waals surface area contributed by atoms with Crippen LogP contribution in [0.1, 0.15) is 23.6 Å². The van der Waals surface area contributed by atoms with Gasteiger partial charge in [0.1, 0.15) is 11.8 Å². The number of anilines is 1. The van der Waals surface area contributed by atoms with E-state index in [1.54, 1.807) is 0 Å². The molecule has 3 aromatic carbocycles. The second-order valence-corrected chi connectivity index (χ2v) is 7.88. The number of nitrogens with zero attached hydrogens (tertiary/aromatic N) is 1. The van der Waals surface area contributed by atoms with Gasteiger partial charge in [-0.25, -0.2) is 0 Å². The number of para-hydroxylation sites is 1. The van der Waals surface area contributed by atoms with E-state index >= 15 is 0 Å². The third-order valence-corrected chi connectivity index (χ3v) is 6.43. The van der Waals surface area contributed by atoms with Crippen molar-refractivity contribution in [3.8, 4) is 0 Å². The average molecular weight is 356 g/mol. The van der Waals surface area contributed by atoms with E-state index in [1.165, 1.54) is 11.1 Å². The molecule has 0 aromatic heterocycles. The molecule has 136 valence electrons. The molecule has 3 aromatic rings. The number of rotatable bonds is 3. The molecule has 0 spiro atoms. The van der Waals surface area contributed by atoms with E-state index < -0.39 is 11.0 Å². The zero-order valence-electron chi connectivity index (χ0n) is 15.5. The van der Waals surface area contributed by atoms with Gasteiger partial charge >= 0.3 is 0 Å². The van der Waals surface area contributed by atoms with Crippen molar-refractivity contribution >= 4 is 5.69 Å². The van der Waals surface area contributed by atoms with Crippen molar-refractivity contribution in [2.75, 3.05) is 11.4 Å². The molecule has 1 saturated heterocycles. The monoisotopic (exact) mass is 356 g/mol. The smallest absolute Gasteiger partial charge is 0.136 e. The second kappa shape index (κ2) is 5.95. The quantitative estimate of drug-likeness (QED) is 0.750. The van der Waals surface area contributed by atoms with Crippen LogP contribution >= 0.6 is 0 Å². The summed E-state index contributed by atoms with van der Waals surface area (Å²) in [5.74, 6) is 0. The van der Waals surface area contributed by atoms with Crippen molar-refractivity contribution in [2.24, 2.45) is 0 Å². The summed E-state index contributed by atoms with van der Waals surface area (Å²) >= 11 is 0. The van der Waals surface area contributed by atoms with Gasteiger partial charge in [0.05, 0.1) is 0 Å². The first-order chi connectivity index (χ1) is 13.1. The molecule has 2 aliphatic rings. The Morgan fingerprint density at radius 2 is 1.56 bits per heavy atom. The third-order valence-electron chi connectivity index (χ3n) is 6.43. The van der Waals surface area contributed by atoms with Crippen molar-refractivity contribution < 1.29 is 5.11 Å². The van der Waals surface area contributed by atoms with Crippen molar-refractivity contribution in [1.82, 2.24) is 5.32 Å². The lowest BCUT2D eigenvalue weighted by Gasteiger charge is -2.40. The minimum Gasteiger partial charge on any atom is -0.380 e. The number of fused-ring (bicyclic) bond motifs is 3. The Balaban J connectivity index is 1.64. The van der Waals surface area contributed by atoms with Crippen LogP contribution in [0.2, 0.25) is 0 Å². The molecule has 27 heavy (non-hydrogen) atoms. The lowest BCUT2D eigenvalue weighted by Crippen LogP contribution is -2.52. The Bertz CT molecular complexity index is 958. The first-order valence-electron chi connectivity index (χ1n) is 9.56. The fraction of sp³-hybridized carbons (Fsp3) is 0.250. The first kappa shape index (κ1) is 16.5. The van der Waals surface area contributed by atoms with Crippen molar-refractivity contribution in [3.05, 3.63) is 102 Å². The van der Waals surface area contributed by atoms with Crippen LogP contribution in [-0.4, -0.2) is 17.8 Å². The number of aliphatic hydroxyl groups is 1. The Hall–Kier alpha value is -2.62. The van der Waals surface area contributed by atoms with Crippen LogP contribution < -0.4 is 10.2 Å². The molecule has 2 heterocycles. The van der Waals surface area contributed by atoms with Gasteiger partial charge in [0.15, 0.2) is 0 Å². The highest BCUT2D eigenvalue weighted by molar-refractivity contribution is 5.66. The van der Waals surface area contributed by atoms with E-state index in [2.05, 4.69) is 83.9 Å². The number of hydrogen-bond acceptors (Lipinski definition) is 3. The molecule has 1 fully saturated rings. The highest BCUT2D eigenvalue weighted by Gasteiger charge is 2.64. The topological polar surface area (TPSA) is 35.5 Å². The first-order valence-corrected chi connectivity index (χ1v) is 9.56. The summed E-state index contributed by atoms with van der Waals surface area (Å²) in [5, 5.41) is 15.8. The van der Waals surface area contributed by atoms with E-state index in [-0.39, 0.29) is 6.17 Å². The van der Waals surface area contributed by atoms with E-state index in [0.717, 1.165) is 24.3 Å². The van der Waals surface area contributed by atoms with Gasteiger partial charge in [0, 0.05) is 29.8 Å². The number of nitrogens with one attached hydrogen (secondary N) is 1. The van der Waals surface area contributed by atoms with Crippen LogP contribution in [0.25, 0.3) is 0 Å². The van der Waals surface area contributed by atoms with Crippen LogP contribution in [-0.2, 0) is 17.6 Å². The van der Waals surface area contributed by atoms with E-state index in [0.29, 0.717) is 0 Å². The molecule has 0 radical (unpaired) electrons. The summed E-state index contributed by atoms with van der Waals surface area (Å²) < 4.78 is 0. The summed E-state index contributed by atoms with van der Waals surface area (Å²) in [6.45, 7) is 3.68. The normalized spacial score (nSPS) is 28.8. The molecule has 0 amide bonds. The molecule has 3 atom stereocenters. The van der Waals surface area contributed by atoms with Gasteiger partial charge in [0.25, 0.3) is 0 Å². The molecular weight excluding hydrogens is 332 g/mol. The van der Waals surface area contributed by atoms with Crippen molar-refractivity contribution in [2.45, 2.75) is 30.7 Å². The Labute approximate surface area is 160 Å². The predicted molar refractivity (Wildman–Crippen MR) is 109 cm³/mol. The predicted octanol–water partition coefficient (Wildman–Crippen LogP) is 3.78. The van der Waals surface area contributed by atoms with Crippen LogP contribution in [0.5, 0.6) is 0 Å². The van der Waals surface area contributed by atoms with Crippen LogP contribution in [0.4, 0.5) is 5.69 Å². The van der Waals surface area contributed by atoms with Gasteiger partial charge in [0.2, 0.25) is 0 Å². The van der Waals surface area contributed by atoms with Crippen LogP contribution in [0.15, 0.2) is 84.9 Å². The fourth-order valence-electron chi connectivity index (χ4n) is 4.94. The summed E-state index contributed by atoms with van der Waals surface area (Å²) in [4.78, 5) is 2.32. The third kappa shape index (κ3) is 2.22. The van der Waals surface area contributed by atoms with Gasteiger partial charge in [-0.2, -0.15) is 0 Å². The van der Waals surface area contributed by atoms with E-state index in [4.69, 9.17) is 0 Å². The SMILES string of the molecule is C[C@@]1(c2ccccc2)CNC2N(Cc3ccccc3)c3ccccc3[C@@]21O. The lowest BCUT2D eigenvalue weighted by atomic mass is 9.67. The zero-order valence-corrected chi connectivity index (χ0v) is 15.5. The largest absolute Gasteiger partial charge is 0.380 e. The summed E-state index contributed by atoms with van der Waals surface area (Å²) in [6.07, 6.45) is -0.152. The average Bonchev–Trinajstić information content (AvgIpc) is 3.14. The maximum atomic E-state index is 12.2. The maximum Gasteiger partial charge on any atom is 0.136 e. The van der Waals surface area contributed by atoms with Crippen LogP contribution in [0.3, 0.4) is 0 Å². The Morgan fingerprint density at radius 3 is 2.30 bits per heavy atom. The van der Waals surface area contributed by atoms with E-state index in [1.807, 2.05) is 18.2 Å². The molecule has 0 aliphatic carbocycles. The van der Waals surface area contributed by atoms with Gasteiger partial charge in [-0.1, -0.05) is 85.8 Å². The molecule has 3 heteroatoms. The molecule has 2 N–H and O–H groups in total. The second-order valence-electron chi connectivity index (χ2n) is 7.88. The Morgan fingerprint density at radius 1 is 0.926 bits per heavy atom. The zero-order chi connectivity index (χ0) is 18.5. The van der Waals surface area contributed by atoms with Crippen molar-refractivity contribution in [1.29, 1.82) is 0 Å². The summed E-state index contributed by atoms with van der Waals surface area (Å²) in [6, 6.07) is 29.2. The minimum atomic E-state index is -0.986. The highest BCUT2D eigenvalue weighted by atomic mass is 16.3. The van der Waals surface area contributed by atoms with Gasteiger partial charge in [-0.3, -0.25) is 5.32 Å². The minimum absolute atomic E-state index is 0.152. The van der Waals surface area contributed by atoms with Gasteiger partial charge in [-0.05, 0) is 17.2 Å². The van der Waals surface area contributed by atoms with Gasteiger partial charge in [-0.15, -0.1) is 0 Å². The number of hydrogen-bond donors (Lipinski definition) is 2. The Kier molecular flexibility index (Phi) is 3.64. The molecule has 5 rings (SSSR count). The van der Waals surface area contributed by atoms with Gasteiger partial charge < -0.3 is 10.0 Å². The van der Waals surface area contributed by atoms with Crippen molar-refractivity contribution in [3.63, 3.8) is 0 Å². The summed E-state index contributed by atoms with van der Waals surface area (Å²) in [5.41, 5.74) is 3.15. The molecular formula is C24H24N2O. The molecule has 1 unspecified atom stereocenters. The fourth-order valence-corrected chi connectivity index (χ4v) is 4.94. The molecule has 3 nitrogen and oxygen atoms in total. The molecule has 0 saturated carbocycles. The van der Waals surface area contributed by atoms with E-state index in [9.17, 15) is 5.11 Å². The molecule has 2 aliphatic heterocycles. The standard InChI is InChI=1S/C24H24N2O/c1-23(19-12-6-3-7-13-19)17-25-22-24(23,27)20-14-8-9-15-21(20)26(22)16-18-10-4-2-5-11-18/h2-15,22,25,27H,16-17H2,1H3/t22?,23-,24+/m0/s1. The highest BCUT2D eigenvalue weighted by Crippen LogP contribution is 2.56. The maximum absolute atomic E-state index is 12.2. The summed E-state index contributed by atoms with van der Waals surface area (Å²) in [7, 11) is 0. The van der Waals surface area contributed by atoms with Crippen LogP contribution in [0, 0.1) is 0 Å². The lowest BCUT2D eigenvalue weighted by molar-refractivity contribution is -0.0210. The molecule has 0 bridgehead atoms.